The van der Waals surface area contributed by atoms with E-state index in [0.29, 0.717) is 19.1 Å². The summed E-state index contributed by atoms with van der Waals surface area (Å²) in [5.74, 6) is 0. The normalized spacial score (nSPS) is 15.7. The molecule has 0 radical (unpaired) electrons. The van der Waals surface area contributed by atoms with Crippen molar-refractivity contribution in [2.75, 3.05) is 13.2 Å². The molecule has 190 valence electrons. The van der Waals surface area contributed by atoms with E-state index < -0.39 is 8.53 Å². The predicted octanol–water partition coefficient (Wildman–Crippen LogP) is 8.94. The van der Waals surface area contributed by atoms with Crippen LogP contribution in [0.1, 0.15) is 101 Å². The fraction of sp³-hybridized carbons (Fsp3) is 0.567. The zero-order valence-corrected chi connectivity index (χ0v) is 22.4. The van der Waals surface area contributed by atoms with Crippen molar-refractivity contribution in [3.05, 3.63) is 71.8 Å². The Bertz CT molecular complexity index is 795. The second kappa shape index (κ2) is 16.8. The molecule has 4 nitrogen and oxygen atoms in total. The van der Waals surface area contributed by atoms with E-state index in [1.807, 2.05) is 0 Å². The van der Waals surface area contributed by atoms with Gasteiger partial charge in [-0.1, -0.05) is 106 Å². The molecule has 1 aliphatic rings. The van der Waals surface area contributed by atoms with Crippen molar-refractivity contribution < 1.29 is 9.05 Å². The van der Waals surface area contributed by atoms with E-state index in [2.05, 4.69) is 78.3 Å². The SMILES string of the molecule is CCCCCOP(OCCCCC#N)N(C1CCCCCC1)C(c1ccccc1)c1ccccc1. The average Bonchev–Trinajstić information content (AvgIpc) is 3.19. The second-order valence-corrected chi connectivity index (χ2v) is 10.9. The van der Waals surface area contributed by atoms with Crippen LogP contribution >= 0.6 is 8.53 Å². The fourth-order valence-electron chi connectivity index (χ4n) is 4.84. The van der Waals surface area contributed by atoms with E-state index >= 15 is 0 Å². The largest absolute Gasteiger partial charge is 0.322 e. The Kier molecular flexibility index (Phi) is 13.4. The number of nitriles is 1. The van der Waals surface area contributed by atoms with Crippen LogP contribution in [0.15, 0.2) is 60.7 Å². The summed E-state index contributed by atoms with van der Waals surface area (Å²) in [6.45, 7) is 3.60. The number of benzene rings is 2. The highest BCUT2D eigenvalue weighted by molar-refractivity contribution is 7.44. The molecule has 0 aliphatic heterocycles. The molecular weight excluding hydrogens is 451 g/mol. The quantitative estimate of drug-likeness (QED) is 0.141. The summed E-state index contributed by atoms with van der Waals surface area (Å²) in [5, 5.41) is 8.93. The first-order valence-corrected chi connectivity index (χ1v) is 14.8. The van der Waals surface area contributed by atoms with E-state index in [9.17, 15) is 0 Å². The number of unbranched alkanes of at least 4 members (excludes halogenated alkanes) is 4. The van der Waals surface area contributed by atoms with Crippen molar-refractivity contribution in [1.29, 1.82) is 5.26 Å². The molecule has 0 bridgehead atoms. The van der Waals surface area contributed by atoms with Crippen molar-refractivity contribution in [2.45, 2.75) is 96.1 Å². The topological polar surface area (TPSA) is 45.5 Å². The molecule has 1 unspecified atom stereocenters. The Morgan fingerprint density at radius 3 is 1.89 bits per heavy atom. The Morgan fingerprint density at radius 1 is 0.829 bits per heavy atom. The maximum absolute atomic E-state index is 8.93. The highest BCUT2D eigenvalue weighted by Gasteiger charge is 2.37. The minimum Gasteiger partial charge on any atom is -0.322 e. The van der Waals surface area contributed by atoms with Gasteiger partial charge in [0.1, 0.15) is 0 Å². The number of hydrogen-bond donors (Lipinski definition) is 0. The first-order valence-electron chi connectivity index (χ1n) is 13.7. The Labute approximate surface area is 214 Å². The van der Waals surface area contributed by atoms with Crippen LogP contribution in [0, 0.1) is 11.3 Å². The maximum Gasteiger partial charge on any atom is 0.259 e. The van der Waals surface area contributed by atoms with Crippen LogP contribution in [-0.2, 0) is 9.05 Å². The van der Waals surface area contributed by atoms with Gasteiger partial charge in [-0.15, -0.1) is 0 Å². The third-order valence-corrected chi connectivity index (χ3v) is 8.46. The second-order valence-electron chi connectivity index (χ2n) is 9.48. The molecule has 1 aliphatic carbocycles. The van der Waals surface area contributed by atoms with Crippen molar-refractivity contribution in [2.24, 2.45) is 0 Å². The van der Waals surface area contributed by atoms with Gasteiger partial charge in [0.15, 0.2) is 0 Å². The van der Waals surface area contributed by atoms with Gasteiger partial charge in [0.2, 0.25) is 0 Å². The van der Waals surface area contributed by atoms with Crippen molar-refractivity contribution >= 4 is 8.53 Å². The monoisotopic (exact) mass is 494 g/mol. The molecule has 2 aromatic rings. The lowest BCUT2D eigenvalue weighted by molar-refractivity contribution is 0.155. The molecule has 0 saturated heterocycles. The lowest BCUT2D eigenvalue weighted by Crippen LogP contribution is -2.36. The molecule has 3 rings (SSSR count). The Hall–Kier alpha value is -1.76. The fourth-order valence-corrected chi connectivity index (χ4v) is 6.71. The molecule has 5 heteroatoms. The molecule has 1 atom stereocenters. The molecule has 0 aromatic heterocycles. The molecule has 1 fully saturated rings. The third kappa shape index (κ3) is 9.32. The maximum atomic E-state index is 8.93. The highest BCUT2D eigenvalue weighted by atomic mass is 31.2. The van der Waals surface area contributed by atoms with E-state index in [1.54, 1.807) is 0 Å². The van der Waals surface area contributed by atoms with Gasteiger partial charge in [-0.3, -0.25) is 0 Å². The van der Waals surface area contributed by atoms with Crippen LogP contribution in [0.5, 0.6) is 0 Å². The van der Waals surface area contributed by atoms with Gasteiger partial charge in [0.05, 0.1) is 25.3 Å². The number of nitrogens with zero attached hydrogens (tertiary/aromatic N) is 2. The van der Waals surface area contributed by atoms with E-state index in [1.165, 1.54) is 62.5 Å². The minimum absolute atomic E-state index is 0.0943. The van der Waals surface area contributed by atoms with Gasteiger partial charge in [0, 0.05) is 12.5 Å². The molecule has 0 heterocycles. The molecule has 0 N–H and O–H groups in total. The summed E-state index contributed by atoms with van der Waals surface area (Å²) in [6.07, 6.45) is 13.3. The van der Waals surface area contributed by atoms with Crippen LogP contribution < -0.4 is 0 Å². The molecule has 2 aromatic carbocycles. The standard InChI is InChI=1S/C30H43N2O2P/c1-2-3-16-25-33-35(34-26-17-8-15-24-31)32(29-22-13-4-5-14-23-29)30(27-18-9-6-10-19-27)28-20-11-7-12-21-28/h6-7,9-12,18-21,29-30H,2-5,8,13-17,22-23,25-26H2,1H3. The van der Waals surface area contributed by atoms with Crippen molar-refractivity contribution in [1.82, 2.24) is 4.67 Å². The van der Waals surface area contributed by atoms with E-state index in [4.69, 9.17) is 14.3 Å². The predicted molar refractivity (Wildman–Crippen MR) is 146 cm³/mol. The number of hydrogen-bond acceptors (Lipinski definition) is 4. The molecule has 1 saturated carbocycles. The molecule has 0 amide bonds. The first kappa shape index (κ1) is 27.8. The summed E-state index contributed by atoms with van der Waals surface area (Å²) in [7, 11) is -1.23. The summed E-state index contributed by atoms with van der Waals surface area (Å²) >= 11 is 0. The van der Waals surface area contributed by atoms with Crippen molar-refractivity contribution in [3.63, 3.8) is 0 Å². The van der Waals surface area contributed by atoms with Crippen LogP contribution in [0.2, 0.25) is 0 Å². The molecule has 0 spiro atoms. The average molecular weight is 495 g/mol. The van der Waals surface area contributed by atoms with Gasteiger partial charge >= 0.3 is 0 Å². The zero-order chi connectivity index (χ0) is 24.6. The molecular formula is C30H43N2O2P. The summed E-state index contributed by atoms with van der Waals surface area (Å²) in [5.41, 5.74) is 2.58. The van der Waals surface area contributed by atoms with Gasteiger partial charge in [-0.25, -0.2) is 4.67 Å². The van der Waals surface area contributed by atoms with Gasteiger partial charge < -0.3 is 9.05 Å². The summed E-state index contributed by atoms with van der Waals surface area (Å²) in [6, 6.07) is 24.5. The molecule has 35 heavy (non-hydrogen) atoms. The Morgan fingerprint density at radius 2 is 1.37 bits per heavy atom. The lowest BCUT2D eigenvalue weighted by Gasteiger charge is -2.41. The summed E-state index contributed by atoms with van der Waals surface area (Å²) in [4.78, 5) is 0. The number of rotatable bonds is 15. The van der Waals surface area contributed by atoms with E-state index in [-0.39, 0.29) is 6.04 Å². The minimum atomic E-state index is -1.23. The van der Waals surface area contributed by atoms with Crippen LogP contribution in [0.4, 0.5) is 0 Å². The van der Waals surface area contributed by atoms with Crippen LogP contribution in [-0.4, -0.2) is 23.9 Å². The van der Waals surface area contributed by atoms with Crippen molar-refractivity contribution in [3.8, 4) is 6.07 Å². The first-order chi connectivity index (χ1) is 17.3. The summed E-state index contributed by atoms with van der Waals surface area (Å²) < 4.78 is 15.9. The third-order valence-electron chi connectivity index (χ3n) is 6.72. The van der Waals surface area contributed by atoms with Gasteiger partial charge in [-0.05, 0) is 43.2 Å². The highest BCUT2D eigenvalue weighted by Crippen LogP contribution is 2.53. The smallest absolute Gasteiger partial charge is 0.259 e. The zero-order valence-electron chi connectivity index (χ0n) is 21.5. The van der Waals surface area contributed by atoms with E-state index in [0.717, 1.165) is 25.9 Å². The lowest BCUT2D eigenvalue weighted by atomic mass is 9.96. The van der Waals surface area contributed by atoms with Gasteiger partial charge in [0.25, 0.3) is 8.53 Å². The van der Waals surface area contributed by atoms with Gasteiger partial charge in [-0.2, -0.15) is 5.26 Å². The Balaban J connectivity index is 1.95. The van der Waals surface area contributed by atoms with Crippen LogP contribution in [0.3, 0.4) is 0 Å². The van der Waals surface area contributed by atoms with Crippen LogP contribution in [0.25, 0.3) is 0 Å².